The summed E-state index contributed by atoms with van der Waals surface area (Å²) >= 11 is 3.01. The van der Waals surface area contributed by atoms with Crippen LogP contribution in [-0.4, -0.2) is 6.29 Å². The van der Waals surface area contributed by atoms with Gasteiger partial charge in [-0.25, -0.2) is 4.39 Å². The summed E-state index contributed by atoms with van der Waals surface area (Å²) in [5.41, 5.74) is 0. The van der Waals surface area contributed by atoms with E-state index in [1.54, 1.807) is 0 Å². The first-order valence-corrected chi connectivity index (χ1v) is 5.27. The second-order valence-electron chi connectivity index (χ2n) is 3.08. The lowest BCUT2D eigenvalue weighted by Crippen LogP contribution is -1.91. The van der Waals surface area contributed by atoms with Crippen LogP contribution >= 0.6 is 15.9 Å². The van der Waals surface area contributed by atoms with Crippen molar-refractivity contribution in [2.75, 3.05) is 0 Å². The van der Waals surface area contributed by atoms with Crippen molar-refractivity contribution in [1.82, 2.24) is 0 Å². The van der Waals surface area contributed by atoms with Crippen LogP contribution in [0.2, 0.25) is 0 Å². The molecule has 0 unspecified atom stereocenters. The Kier molecular flexibility index (Phi) is 3.23. The second kappa shape index (κ2) is 4.67. The summed E-state index contributed by atoms with van der Waals surface area (Å²) in [6, 6.07) is 4.92. The first-order valence-electron chi connectivity index (χ1n) is 4.47. The smallest absolute Gasteiger partial charge is 0.290 e. The largest absolute Gasteiger partial charge is 0.423 e. The average Bonchev–Trinajstić information content (AvgIpc) is 2.73. The van der Waals surface area contributed by atoms with Crippen molar-refractivity contribution in [1.29, 1.82) is 0 Å². The molecule has 0 radical (unpaired) electrons. The molecular formula is C11H5BrF2O3. The molecule has 0 amide bonds. The van der Waals surface area contributed by atoms with Gasteiger partial charge in [0.05, 0.1) is 0 Å². The molecule has 0 saturated carbocycles. The van der Waals surface area contributed by atoms with Crippen LogP contribution in [0.25, 0.3) is 0 Å². The summed E-state index contributed by atoms with van der Waals surface area (Å²) in [5.74, 6) is -2.56. The maximum Gasteiger partial charge on any atom is 0.290 e. The van der Waals surface area contributed by atoms with Crippen molar-refractivity contribution in [2.24, 2.45) is 0 Å². The van der Waals surface area contributed by atoms with Crippen molar-refractivity contribution in [2.45, 2.75) is 0 Å². The minimum absolute atomic E-state index is 0.0378. The molecule has 0 aliphatic heterocycles. The van der Waals surface area contributed by atoms with Crippen LogP contribution in [0.1, 0.15) is 10.6 Å². The fraction of sp³-hybridized carbons (Fsp3) is 0. The number of hydrogen-bond donors (Lipinski definition) is 0. The summed E-state index contributed by atoms with van der Waals surface area (Å²) in [7, 11) is 0. The average molecular weight is 303 g/mol. The number of furan rings is 1. The molecule has 1 aromatic carbocycles. The van der Waals surface area contributed by atoms with E-state index in [2.05, 4.69) is 15.9 Å². The molecule has 0 spiro atoms. The highest BCUT2D eigenvalue weighted by atomic mass is 79.9. The third-order valence-corrected chi connectivity index (χ3v) is 2.35. The van der Waals surface area contributed by atoms with E-state index in [9.17, 15) is 13.6 Å². The van der Waals surface area contributed by atoms with Crippen LogP contribution in [0, 0.1) is 11.6 Å². The lowest BCUT2D eigenvalue weighted by molar-refractivity contribution is 0.109. The molecule has 0 N–H and O–H groups in total. The monoisotopic (exact) mass is 302 g/mol. The number of hydrogen-bond acceptors (Lipinski definition) is 3. The molecule has 0 atom stereocenters. The lowest BCUT2D eigenvalue weighted by atomic mass is 10.3. The van der Waals surface area contributed by atoms with E-state index in [4.69, 9.17) is 9.15 Å². The van der Waals surface area contributed by atoms with Gasteiger partial charge >= 0.3 is 0 Å². The Morgan fingerprint density at radius 3 is 2.71 bits per heavy atom. The zero-order chi connectivity index (χ0) is 12.4. The molecule has 3 nitrogen and oxygen atoms in total. The minimum atomic E-state index is -1.13. The van der Waals surface area contributed by atoms with E-state index in [1.807, 2.05) is 0 Å². The number of carbonyl (C=O) groups excluding carboxylic acids is 1. The number of carbonyl (C=O) groups is 1. The van der Waals surface area contributed by atoms with E-state index < -0.39 is 11.6 Å². The van der Waals surface area contributed by atoms with Crippen molar-refractivity contribution in [3.63, 3.8) is 0 Å². The van der Waals surface area contributed by atoms with Gasteiger partial charge in [-0.1, -0.05) is 15.9 Å². The summed E-state index contributed by atoms with van der Waals surface area (Å²) in [5, 5.41) is 0. The summed E-state index contributed by atoms with van der Waals surface area (Å²) in [6.07, 6.45) is 0.477. The topological polar surface area (TPSA) is 39.4 Å². The van der Waals surface area contributed by atoms with Crippen LogP contribution in [0.3, 0.4) is 0 Å². The molecule has 2 aromatic rings. The summed E-state index contributed by atoms with van der Waals surface area (Å²) < 4.78 is 36.6. The lowest BCUT2D eigenvalue weighted by Gasteiger charge is -2.04. The zero-order valence-electron chi connectivity index (χ0n) is 8.25. The molecule has 88 valence electrons. The highest BCUT2D eigenvalue weighted by Crippen LogP contribution is 2.30. The third-order valence-electron chi connectivity index (χ3n) is 1.89. The number of aldehydes is 1. The quantitative estimate of drug-likeness (QED) is 0.637. The van der Waals surface area contributed by atoms with E-state index in [0.29, 0.717) is 10.8 Å². The Hall–Kier alpha value is -1.69. The van der Waals surface area contributed by atoms with E-state index in [-0.39, 0.29) is 17.5 Å². The Labute approximate surface area is 103 Å². The highest BCUT2D eigenvalue weighted by Gasteiger charge is 2.13. The molecule has 0 saturated heterocycles. The third kappa shape index (κ3) is 2.52. The van der Waals surface area contributed by atoms with Crippen molar-refractivity contribution in [3.8, 4) is 11.7 Å². The fourth-order valence-corrected chi connectivity index (χ4v) is 1.58. The highest BCUT2D eigenvalue weighted by molar-refractivity contribution is 9.10. The maximum absolute atomic E-state index is 13.3. The summed E-state index contributed by atoms with van der Waals surface area (Å²) in [4.78, 5) is 10.4. The minimum Gasteiger partial charge on any atom is -0.423 e. The second-order valence-corrected chi connectivity index (χ2v) is 3.99. The number of benzene rings is 1. The van der Waals surface area contributed by atoms with Gasteiger partial charge in [-0.3, -0.25) is 4.79 Å². The van der Waals surface area contributed by atoms with Gasteiger partial charge < -0.3 is 9.15 Å². The predicted octanol–water partition coefficient (Wildman–Crippen LogP) is 3.93. The van der Waals surface area contributed by atoms with Crippen LogP contribution < -0.4 is 4.74 Å². The van der Waals surface area contributed by atoms with Gasteiger partial charge in [-0.15, -0.1) is 0 Å². The van der Waals surface area contributed by atoms with E-state index in [0.717, 1.165) is 6.07 Å². The Bertz CT molecular complexity index is 566. The predicted molar refractivity (Wildman–Crippen MR) is 58.2 cm³/mol. The molecule has 0 fully saturated rings. The molecule has 17 heavy (non-hydrogen) atoms. The van der Waals surface area contributed by atoms with Gasteiger partial charge in [0, 0.05) is 10.5 Å². The molecule has 1 aromatic heterocycles. The molecule has 6 heteroatoms. The molecule has 0 bridgehead atoms. The number of ether oxygens (including phenoxy) is 1. The van der Waals surface area contributed by atoms with Crippen molar-refractivity contribution >= 4 is 22.2 Å². The van der Waals surface area contributed by atoms with E-state index >= 15 is 0 Å². The normalized spacial score (nSPS) is 10.3. The summed E-state index contributed by atoms with van der Waals surface area (Å²) in [6.45, 7) is 0. The van der Waals surface area contributed by atoms with Crippen molar-refractivity contribution in [3.05, 3.63) is 46.1 Å². The maximum atomic E-state index is 13.3. The first kappa shape index (κ1) is 11.8. The number of halogens is 3. The van der Waals surface area contributed by atoms with Gasteiger partial charge in [0.2, 0.25) is 5.82 Å². The van der Waals surface area contributed by atoms with E-state index in [1.165, 1.54) is 18.2 Å². The molecule has 1 heterocycles. The molecule has 0 aliphatic carbocycles. The Morgan fingerprint density at radius 2 is 2.06 bits per heavy atom. The van der Waals surface area contributed by atoms with Crippen molar-refractivity contribution < 1.29 is 22.7 Å². The fourth-order valence-electron chi connectivity index (χ4n) is 1.17. The number of rotatable bonds is 3. The van der Waals surface area contributed by atoms with Gasteiger partial charge in [0.1, 0.15) is 0 Å². The van der Waals surface area contributed by atoms with Gasteiger partial charge in [0.15, 0.2) is 23.6 Å². The van der Waals surface area contributed by atoms with Crippen LogP contribution in [0.15, 0.2) is 33.2 Å². The first-order chi connectivity index (χ1) is 8.10. The zero-order valence-corrected chi connectivity index (χ0v) is 9.83. The SMILES string of the molecule is O=Cc1ccc(Oc2cc(Br)cc(F)c2F)o1. The van der Waals surface area contributed by atoms with Gasteiger partial charge in [0.25, 0.3) is 5.95 Å². The Morgan fingerprint density at radius 1 is 1.29 bits per heavy atom. The Balaban J connectivity index is 2.32. The standard InChI is InChI=1S/C11H5BrF2O3/c12-6-3-8(13)11(14)9(4-6)17-10-2-1-7(5-15)16-10/h1-5H. The van der Waals surface area contributed by atoms with Crippen LogP contribution in [-0.2, 0) is 0 Å². The van der Waals surface area contributed by atoms with Crippen LogP contribution in [0.5, 0.6) is 11.7 Å². The van der Waals surface area contributed by atoms with Crippen LogP contribution in [0.4, 0.5) is 8.78 Å². The molecular weight excluding hydrogens is 298 g/mol. The van der Waals surface area contributed by atoms with Gasteiger partial charge in [-0.2, -0.15) is 4.39 Å². The molecule has 0 aliphatic rings. The van der Waals surface area contributed by atoms with Gasteiger partial charge in [-0.05, 0) is 18.2 Å². The molecule has 2 rings (SSSR count).